The number of amides is 1. The van der Waals surface area contributed by atoms with Gasteiger partial charge in [0.25, 0.3) is 0 Å². The Labute approximate surface area is 149 Å². The number of methoxy groups -OCH3 is 1. The Morgan fingerprint density at radius 3 is 2.76 bits per heavy atom. The van der Waals surface area contributed by atoms with E-state index in [0.29, 0.717) is 38.3 Å². The summed E-state index contributed by atoms with van der Waals surface area (Å²) in [7, 11) is -2.03. The monoisotopic (exact) mass is 366 g/mol. The first kappa shape index (κ1) is 18.2. The van der Waals surface area contributed by atoms with Crippen molar-refractivity contribution < 1.29 is 17.9 Å². The van der Waals surface area contributed by atoms with Crippen LogP contribution in [0.1, 0.15) is 32.6 Å². The van der Waals surface area contributed by atoms with Crippen molar-refractivity contribution in [3.8, 4) is 5.75 Å². The Balaban J connectivity index is 1.84. The van der Waals surface area contributed by atoms with Crippen LogP contribution in [0.3, 0.4) is 0 Å². The van der Waals surface area contributed by atoms with E-state index in [0.717, 1.165) is 19.3 Å². The van der Waals surface area contributed by atoms with Crippen molar-refractivity contribution in [2.45, 2.75) is 37.5 Å². The van der Waals surface area contributed by atoms with E-state index in [-0.39, 0.29) is 16.2 Å². The summed E-state index contributed by atoms with van der Waals surface area (Å²) in [6.45, 7) is 4.33. The van der Waals surface area contributed by atoms with E-state index in [1.165, 1.54) is 7.11 Å². The van der Waals surface area contributed by atoms with Gasteiger partial charge < -0.3 is 9.64 Å². The molecule has 1 aromatic carbocycles. The van der Waals surface area contributed by atoms with Crippen LogP contribution in [-0.2, 0) is 14.8 Å². The smallest absolute Gasteiger partial charge is 0.243 e. The summed E-state index contributed by atoms with van der Waals surface area (Å²) >= 11 is 0. The second kappa shape index (κ2) is 6.96. The van der Waals surface area contributed by atoms with Crippen molar-refractivity contribution in [3.63, 3.8) is 0 Å². The van der Waals surface area contributed by atoms with Gasteiger partial charge in [0.15, 0.2) is 0 Å². The first-order valence-corrected chi connectivity index (χ1v) is 10.3. The molecule has 2 fully saturated rings. The fourth-order valence-electron chi connectivity index (χ4n) is 4.00. The molecule has 1 amide bonds. The number of carbonyl (C=O) groups is 1. The minimum atomic E-state index is -3.56. The topological polar surface area (TPSA) is 66.9 Å². The van der Waals surface area contributed by atoms with Crippen LogP contribution in [0, 0.1) is 5.41 Å². The van der Waals surface area contributed by atoms with E-state index < -0.39 is 10.0 Å². The Kier molecular flexibility index (Phi) is 5.06. The molecule has 2 saturated heterocycles. The molecule has 0 radical (unpaired) electrons. The first-order valence-electron chi connectivity index (χ1n) is 8.82. The lowest BCUT2D eigenvalue weighted by Crippen LogP contribution is -2.54. The zero-order chi connectivity index (χ0) is 18.1. The molecular weight excluding hydrogens is 340 g/mol. The van der Waals surface area contributed by atoms with Crippen molar-refractivity contribution in [1.29, 1.82) is 0 Å². The quantitative estimate of drug-likeness (QED) is 0.819. The first-order chi connectivity index (χ1) is 11.9. The average molecular weight is 366 g/mol. The van der Waals surface area contributed by atoms with E-state index in [4.69, 9.17) is 4.74 Å². The third kappa shape index (κ3) is 3.53. The minimum absolute atomic E-state index is 0.117. The number of likely N-dealkylation sites (tertiary alicyclic amines) is 1. The highest BCUT2D eigenvalue weighted by molar-refractivity contribution is 7.89. The molecule has 0 N–H and O–H groups in total. The van der Waals surface area contributed by atoms with Gasteiger partial charge in [-0.2, -0.15) is 4.31 Å². The van der Waals surface area contributed by atoms with E-state index in [2.05, 4.69) is 0 Å². The lowest BCUT2D eigenvalue weighted by Gasteiger charge is -2.47. The summed E-state index contributed by atoms with van der Waals surface area (Å²) in [6.07, 6.45) is 3.09. The second-order valence-corrected chi connectivity index (χ2v) is 8.97. The summed E-state index contributed by atoms with van der Waals surface area (Å²) in [5.41, 5.74) is -0.117. The molecule has 0 saturated carbocycles. The molecule has 6 nitrogen and oxygen atoms in total. The molecular formula is C18H26N2O4S. The highest BCUT2D eigenvalue weighted by Gasteiger charge is 2.44. The van der Waals surface area contributed by atoms with Gasteiger partial charge in [0.2, 0.25) is 15.9 Å². The molecule has 0 aromatic heterocycles. The molecule has 0 bridgehead atoms. The van der Waals surface area contributed by atoms with E-state index in [1.807, 2.05) is 11.8 Å². The molecule has 1 spiro atoms. The molecule has 2 heterocycles. The van der Waals surface area contributed by atoms with Crippen LogP contribution < -0.4 is 4.74 Å². The number of piperidine rings is 2. The van der Waals surface area contributed by atoms with Gasteiger partial charge in [-0.1, -0.05) is 6.07 Å². The highest BCUT2D eigenvalue weighted by atomic mass is 32.2. The van der Waals surface area contributed by atoms with Crippen molar-refractivity contribution in [2.75, 3.05) is 33.3 Å². The van der Waals surface area contributed by atoms with Crippen LogP contribution in [-0.4, -0.2) is 56.8 Å². The number of hydrogen-bond donors (Lipinski definition) is 0. The predicted molar refractivity (Wildman–Crippen MR) is 94.9 cm³/mol. The zero-order valence-electron chi connectivity index (χ0n) is 14.9. The lowest BCUT2D eigenvalue weighted by molar-refractivity contribution is -0.138. The number of carbonyl (C=O) groups excluding carboxylic acids is 1. The maximum atomic E-state index is 13.1. The Morgan fingerprint density at radius 1 is 1.24 bits per heavy atom. The van der Waals surface area contributed by atoms with Gasteiger partial charge in [-0.15, -0.1) is 0 Å². The molecule has 2 aliphatic heterocycles. The van der Waals surface area contributed by atoms with Gasteiger partial charge in [0, 0.05) is 44.1 Å². The molecule has 138 valence electrons. The van der Waals surface area contributed by atoms with Gasteiger partial charge >= 0.3 is 0 Å². The third-order valence-corrected chi connectivity index (χ3v) is 7.28. The van der Waals surface area contributed by atoms with Crippen LogP contribution in [0.2, 0.25) is 0 Å². The van der Waals surface area contributed by atoms with Crippen LogP contribution in [0.25, 0.3) is 0 Å². The van der Waals surface area contributed by atoms with Gasteiger partial charge in [0.05, 0.1) is 12.0 Å². The maximum Gasteiger partial charge on any atom is 0.243 e. The van der Waals surface area contributed by atoms with Crippen LogP contribution in [0.15, 0.2) is 29.2 Å². The fourth-order valence-corrected chi connectivity index (χ4v) is 5.63. The van der Waals surface area contributed by atoms with Crippen LogP contribution in [0.4, 0.5) is 0 Å². The fraction of sp³-hybridized carbons (Fsp3) is 0.611. The molecule has 0 aliphatic carbocycles. The SMILES string of the molecule is CCN1C[C@@]2(CCCN(S(=O)(=O)c3cccc(OC)c3)C2)CCC1=O. The summed E-state index contributed by atoms with van der Waals surface area (Å²) < 4.78 is 32.9. The molecule has 3 rings (SSSR count). The van der Waals surface area contributed by atoms with Gasteiger partial charge in [-0.05, 0) is 38.3 Å². The van der Waals surface area contributed by atoms with Crippen LogP contribution in [0.5, 0.6) is 5.75 Å². The zero-order valence-corrected chi connectivity index (χ0v) is 15.7. The average Bonchev–Trinajstić information content (AvgIpc) is 2.64. The summed E-state index contributed by atoms with van der Waals surface area (Å²) in [4.78, 5) is 14.1. The third-order valence-electron chi connectivity index (χ3n) is 5.44. The van der Waals surface area contributed by atoms with Gasteiger partial charge in [-0.25, -0.2) is 8.42 Å². The lowest BCUT2D eigenvalue weighted by atomic mass is 9.74. The Morgan fingerprint density at radius 2 is 2.04 bits per heavy atom. The normalized spacial score (nSPS) is 25.4. The van der Waals surface area contributed by atoms with Crippen molar-refractivity contribution in [1.82, 2.24) is 9.21 Å². The Bertz CT molecular complexity index is 749. The van der Waals surface area contributed by atoms with Gasteiger partial charge in [0.1, 0.15) is 5.75 Å². The van der Waals surface area contributed by atoms with E-state index >= 15 is 0 Å². The minimum Gasteiger partial charge on any atom is -0.497 e. The van der Waals surface area contributed by atoms with E-state index in [9.17, 15) is 13.2 Å². The number of hydrogen-bond acceptors (Lipinski definition) is 4. The summed E-state index contributed by atoms with van der Waals surface area (Å²) in [5.74, 6) is 0.717. The van der Waals surface area contributed by atoms with Crippen molar-refractivity contribution in [2.24, 2.45) is 5.41 Å². The number of nitrogens with zero attached hydrogens (tertiary/aromatic N) is 2. The largest absolute Gasteiger partial charge is 0.497 e. The Hall–Kier alpha value is -1.60. The van der Waals surface area contributed by atoms with Crippen LogP contribution >= 0.6 is 0 Å². The molecule has 0 unspecified atom stereocenters. The number of ether oxygens (including phenoxy) is 1. The predicted octanol–water partition coefficient (Wildman–Crippen LogP) is 2.11. The maximum absolute atomic E-state index is 13.1. The molecule has 2 aliphatic rings. The molecule has 1 atom stereocenters. The number of rotatable bonds is 4. The summed E-state index contributed by atoms with van der Waals surface area (Å²) in [6, 6.07) is 6.62. The van der Waals surface area contributed by atoms with E-state index in [1.54, 1.807) is 28.6 Å². The van der Waals surface area contributed by atoms with Crippen molar-refractivity contribution >= 4 is 15.9 Å². The molecule has 7 heteroatoms. The molecule has 25 heavy (non-hydrogen) atoms. The van der Waals surface area contributed by atoms with Gasteiger partial charge in [-0.3, -0.25) is 4.79 Å². The number of sulfonamides is 1. The van der Waals surface area contributed by atoms with Crippen molar-refractivity contribution in [3.05, 3.63) is 24.3 Å². The highest BCUT2D eigenvalue weighted by Crippen LogP contribution is 2.40. The second-order valence-electron chi connectivity index (χ2n) is 7.03. The number of benzene rings is 1. The summed E-state index contributed by atoms with van der Waals surface area (Å²) in [5, 5.41) is 0. The standard InChI is InChI=1S/C18H26N2O4S/c1-3-19-13-18(10-8-17(19)21)9-5-11-20(14-18)25(22,23)16-7-4-6-15(12-16)24-2/h4,6-7,12H,3,5,8-11,13-14H2,1-2H3/t18-/m1/s1. The molecule has 1 aromatic rings.